The highest BCUT2D eigenvalue weighted by atomic mass is 79.9. The van der Waals surface area contributed by atoms with Crippen molar-refractivity contribution in [3.05, 3.63) is 64.1 Å². The van der Waals surface area contributed by atoms with Gasteiger partial charge >= 0.3 is 0 Å². The molecule has 0 radical (unpaired) electrons. The van der Waals surface area contributed by atoms with Crippen LogP contribution in [0.5, 0.6) is 0 Å². The molecule has 0 aliphatic carbocycles. The summed E-state index contributed by atoms with van der Waals surface area (Å²) >= 11 is 3.47. The molecule has 108 valence electrons. The van der Waals surface area contributed by atoms with Gasteiger partial charge < -0.3 is 5.32 Å². The van der Waals surface area contributed by atoms with Crippen LogP contribution in [0.1, 0.15) is 43.4 Å². The van der Waals surface area contributed by atoms with Gasteiger partial charge in [0.25, 0.3) is 0 Å². The van der Waals surface area contributed by atoms with E-state index in [2.05, 4.69) is 58.5 Å². The number of anilines is 1. The predicted octanol–water partition coefficient (Wildman–Crippen LogP) is 5.66. The maximum atomic E-state index is 9.26. The highest BCUT2D eigenvalue weighted by Gasteiger charge is 2.13. The van der Waals surface area contributed by atoms with Gasteiger partial charge in [-0.1, -0.05) is 66.0 Å². The molecule has 0 aliphatic rings. The number of nitriles is 1. The zero-order valence-electron chi connectivity index (χ0n) is 12.1. The van der Waals surface area contributed by atoms with Crippen LogP contribution >= 0.6 is 15.9 Å². The number of halogens is 1. The molecule has 0 bridgehead atoms. The molecule has 0 spiro atoms. The standard InChI is InChI=1S/C18H19BrN2/c1-2-3-9-17(14-7-5-4-6-8-14)21-18-12-16(19)11-10-15(18)13-20/h4-8,10-12,17,21H,2-3,9H2,1H3. The molecule has 0 aromatic heterocycles. The Morgan fingerprint density at radius 2 is 1.95 bits per heavy atom. The molecule has 0 heterocycles. The van der Waals surface area contributed by atoms with Gasteiger partial charge in [-0.2, -0.15) is 5.26 Å². The zero-order valence-corrected chi connectivity index (χ0v) is 13.7. The number of nitrogens with one attached hydrogen (secondary N) is 1. The SMILES string of the molecule is CCCCC(Nc1cc(Br)ccc1C#N)c1ccccc1. The van der Waals surface area contributed by atoms with Crippen LogP contribution in [0.2, 0.25) is 0 Å². The van der Waals surface area contributed by atoms with Crippen LogP contribution in [0.3, 0.4) is 0 Å². The molecular weight excluding hydrogens is 324 g/mol. The Hall–Kier alpha value is -1.79. The van der Waals surface area contributed by atoms with E-state index in [1.165, 1.54) is 5.56 Å². The molecule has 1 N–H and O–H groups in total. The molecule has 21 heavy (non-hydrogen) atoms. The van der Waals surface area contributed by atoms with E-state index in [1.54, 1.807) is 0 Å². The molecule has 2 rings (SSSR count). The van der Waals surface area contributed by atoms with Gasteiger partial charge in [-0.3, -0.25) is 0 Å². The summed E-state index contributed by atoms with van der Waals surface area (Å²) in [5.41, 5.74) is 2.82. The molecule has 0 amide bonds. The Morgan fingerprint density at radius 3 is 2.62 bits per heavy atom. The van der Waals surface area contributed by atoms with E-state index < -0.39 is 0 Å². The fourth-order valence-corrected chi connectivity index (χ4v) is 2.70. The number of rotatable bonds is 6. The smallest absolute Gasteiger partial charge is 0.101 e. The average molecular weight is 343 g/mol. The van der Waals surface area contributed by atoms with Crippen LogP contribution in [0.25, 0.3) is 0 Å². The molecular formula is C18H19BrN2. The van der Waals surface area contributed by atoms with Crippen molar-refractivity contribution >= 4 is 21.6 Å². The molecule has 2 aromatic carbocycles. The van der Waals surface area contributed by atoms with Gasteiger partial charge in [0.05, 0.1) is 17.3 Å². The quantitative estimate of drug-likeness (QED) is 0.734. The van der Waals surface area contributed by atoms with Gasteiger partial charge in [-0.15, -0.1) is 0 Å². The molecule has 1 atom stereocenters. The first kappa shape index (κ1) is 15.6. The lowest BCUT2D eigenvalue weighted by molar-refractivity contribution is 0.634. The largest absolute Gasteiger partial charge is 0.377 e. The van der Waals surface area contributed by atoms with Gasteiger partial charge in [-0.05, 0) is 30.2 Å². The summed E-state index contributed by atoms with van der Waals surface area (Å²) in [7, 11) is 0. The van der Waals surface area contributed by atoms with Crippen molar-refractivity contribution in [2.75, 3.05) is 5.32 Å². The second-order valence-electron chi connectivity index (χ2n) is 5.05. The van der Waals surface area contributed by atoms with Crippen LogP contribution in [0.15, 0.2) is 53.0 Å². The minimum atomic E-state index is 0.229. The molecule has 0 saturated heterocycles. The summed E-state index contributed by atoms with van der Waals surface area (Å²) in [5, 5.41) is 12.8. The van der Waals surface area contributed by atoms with Crippen molar-refractivity contribution in [3.8, 4) is 6.07 Å². The maximum absolute atomic E-state index is 9.26. The Morgan fingerprint density at radius 1 is 1.19 bits per heavy atom. The van der Waals surface area contributed by atoms with Gasteiger partial charge in [0.2, 0.25) is 0 Å². The summed E-state index contributed by atoms with van der Waals surface area (Å²) in [6.45, 7) is 2.20. The van der Waals surface area contributed by atoms with E-state index in [0.29, 0.717) is 5.56 Å². The van der Waals surface area contributed by atoms with Gasteiger partial charge in [0.15, 0.2) is 0 Å². The van der Waals surface area contributed by atoms with Crippen LogP contribution < -0.4 is 5.32 Å². The third-order valence-corrected chi connectivity index (χ3v) is 3.97. The number of nitrogens with zero attached hydrogens (tertiary/aromatic N) is 1. The van der Waals surface area contributed by atoms with E-state index in [9.17, 15) is 5.26 Å². The lowest BCUT2D eigenvalue weighted by Gasteiger charge is -2.21. The summed E-state index contributed by atoms with van der Waals surface area (Å²) in [6, 6.07) is 18.6. The van der Waals surface area contributed by atoms with Crippen molar-refractivity contribution in [2.24, 2.45) is 0 Å². The Kier molecular flexibility index (Phi) is 5.83. The molecule has 0 saturated carbocycles. The van der Waals surface area contributed by atoms with E-state index in [0.717, 1.165) is 29.4 Å². The maximum Gasteiger partial charge on any atom is 0.101 e. The van der Waals surface area contributed by atoms with Crippen molar-refractivity contribution < 1.29 is 0 Å². The molecule has 1 unspecified atom stereocenters. The summed E-state index contributed by atoms with van der Waals surface area (Å²) in [6.07, 6.45) is 3.37. The van der Waals surface area contributed by atoms with Crippen molar-refractivity contribution in [1.82, 2.24) is 0 Å². The number of hydrogen-bond acceptors (Lipinski definition) is 2. The normalized spacial score (nSPS) is 11.7. The minimum absolute atomic E-state index is 0.229. The van der Waals surface area contributed by atoms with Crippen LogP contribution in [-0.4, -0.2) is 0 Å². The minimum Gasteiger partial charge on any atom is -0.377 e. The van der Waals surface area contributed by atoms with E-state index in [1.807, 2.05) is 24.3 Å². The van der Waals surface area contributed by atoms with Gasteiger partial charge in [-0.25, -0.2) is 0 Å². The second-order valence-corrected chi connectivity index (χ2v) is 5.97. The molecule has 2 nitrogen and oxygen atoms in total. The fraction of sp³-hybridized carbons (Fsp3) is 0.278. The first-order valence-electron chi connectivity index (χ1n) is 7.25. The lowest BCUT2D eigenvalue weighted by atomic mass is 10.0. The Labute approximate surface area is 134 Å². The van der Waals surface area contributed by atoms with E-state index in [4.69, 9.17) is 0 Å². The first-order chi connectivity index (χ1) is 10.2. The van der Waals surface area contributed by atoms with Crippen LogP contribution in [-0.2, 0) is 0 Å². The monoisotopic (exact) mass is 342 g/mol. The molecule has 3 heteroatoms. The first-order valence-corrected chi connectivity index (χ1v) is 8.05. The topological polar surface area (TPSA) is 35.8 Å². The lowest BCUT2D eigenvalue weighted by Crippen LogP contribution is -2.11. The van der Waals surface area contributed by atoms with E-state index >= 15 is 0 Å². The average Bonchev–Trinajstić information content (AvgIpc) is 2.52. The van der Waals surface area contributed by atoms with Gasteiger partial charge in [0, 0.05) is 4.47 Å². The highest BCUT2D eigenvalue weighted by Crippen LogP contribution is 2.28. The predicted molar refractivity (Wildman–Crippen MR) is 91.2 cm³/mol. The third kappa shape index (κ3) is 4.34. The molecule has 2 aromatic rings. The van der Waals surface area contributed by atoms with Gasteiger partial charge in [0.1, 0.15) is 6.07 Å². The summed E-state index contributed by atoms with van der Waals surface area (Å²) < 4.78 is 0.978. The highest BCUT2D eigenvalue weighted by molar-refractivity contribution is 9.10. The fourth-order valence-electron chi connectivity index (χ4n) is 2.34. The third-order valence-electron chi connectivity index (χ3n) is 3.48. The summed E-state index contributed by atoms with van der Waals surface area (Å²) in [5.74, 6) is 0. The molecule has 0 fully saturated rings. The number of unbranched alkanes of at least 4 members (excludes halogenated alkanes) is 1. The Bertz CT molecular complexity index is 617. The van der Waals surface area contributed by atoms with Crippen molar-refractivity contribution in [2.45, 2.75) is 32.2 Å². The number of benzene rings is 2. The van der Waals surface area contributed by atoms with Crippen molar-refractivity contribution in [3.63, 3.8) is 0 Å². The van der Waals surface area contributed by atoms with Crippen LogP contribution in [0, 0.1) is 11.3 Å². The van der Waals surface area contributed by atoms with E-state index in [-0.39, 0.29) is 6.04 Å². The Balaban J connectivity index is 2.27. The second kappa shape index (κ2) is 7.85. The number of hydrogen-bond donors (Lipinski definition) is 1. The zero-order chi connectivity index (χ0) is 15.1. The van der Waals surface area contributed by atoms with Crippen molar-refractivity contribution in [1.29, 1.82) is 5.26 Å². The van der Waals surface area contributed by atoms with Crippen LogP contribution in [0.4, 0.5) is 5.69 Å². The molecule has 0 aliphatic heterocycles. The summed E-state index contributed by atoms with van der Waals surface area (Å²) in [4.78, 5) is 0.